The first-order chi connectivity index (χ1) is 16.7. The van der Waals surface area contributed by atoms with Gasteiger partial charge in [0.15, 0.2) is 0 Å². The van der Waals surface area contributed by atoms with Gasteiger partial charge in [-0.1, -0.05) is 30.3 Å². The van der Waals surface area contributed by atoms with E-state index in [1.807, 2.05) is 52.8 Å². The van der Waals surface area contributed by atoms with E-state index >= 15 is 0 Å². The van der Waals surface area contributed by atoms with Crippen LogP contribution in [0.2, 0.25) is 0 Å². The molecule has 170 valence electrons. The lowest BCUT2D eigenvalue weighted by Gasteiger charge is -2.20. The Bertz CT molecular complexity index is 1420. The molecule has 1 fully saturated rings. The number of aromatic nitrogens is 4. The maximum absolute atomic E-state index is 13.7. The Hall–Kier alpha value is -3.45. The number of rotatable bonds is 5. The lowest BCUT2D eigenvalue weighted by molar-refractivity contribution is 0.421. The average Bonchev–Trinajstić information content (AvgIpc) is 3.50. The zero-order valence-electron chi connectivity index (χ0n) is 18.5. The second-order valence-electron chi connectivity index (χ2n) is 8.62. The van der Waals surface area contributed by atoms with E-state index in [1.54, 1.807) is 12.1 Å². The highest BCUT2D eigenvalue weighted by Gasteiger charge is 2.21. The Balaban J connectivity index is 1.47. The summed E-state index contributed by atoms with van der Waals surface area (Å²) in [5.74, 6) is 3.46. The first-order valence-corrected chi connectivity index (χ1v) is 12.6. The molecule has 34 heavy (non-hydrogen) atoms. The van der Waals surface area contributed by atoms with Crippen molar-refractivity contribution in [2.75, 3.05) is 11.5 Å². The van der Waals surface area contributed by atoms with E-state index in [4.69, 9.17) is 9.52 Å². The number of hydrogen-bond acceptors (Lipinski definition) is 5. The van der Waals surface area contributed by atoms with Crippen molar-refractivity contribution < 1.29 is 8.81 Å². The average molecular weight is 471 g/mol. The van der Waals surface area contributed by atoms with E-state index in [9.17, 15) is 4.39 Å². The van der Waals surface area contributed by atoms with Gasteiger partial charge in [-0.15, -0.1) is 0 Å². The number of halogens is 1. The van der Waals surface area contributed by atoms with Gasteiger partial charge in [-0.05, 0) is 60.6 Å². The van der Waals surface area contributed by atoms with E-state index in [-0.39, 0.29) is 5.82 Å². The van der Waals surface area contributed by atoms with Gasteiger partial charge in [-0.2, -0.15) is 16.9 Å². The van der Waals surface area contributed by atoms with Crippen LogP contribution in [0.25, 0.3) is 44.9 Å². The highest BCUT2D eigenvalue weighted by Crippen LogP contribution is 2.37. The highest BCUT2D eigenvalue weighted by molar-refractivity contribution is 7.99. The summed E-state index contributed by atoms with van der Waals surface area (Å²) < 4.78 is 21.8. The lowest BCUT2D eigenvalue weighted by Crippen LogP contribution is -2.17. The van der Waals surface area contributed by atoms with Gasteiger partial charge in [0.25, 0.3) is 0 Å². The fraction of sp³-hybridized carbons (Fsp3) is 0.222. The van der Waals surface area contributed by atoms with Gasteiger partial charge < -0.3 is 4.42 Å². The van der Waals surface area contributed by atoms with Gasteiger partial charge in [0.2, 0.25) is 5.71 Å². The van der Waals surface area contributed by atoms with Gasteiger partial charge in [0.1, 0.15) is 23.6 Å². The van der Waals surface area contributed by atoms with Crippen LogP contribution < -0.4 is 0 Å². The molecular weight excluding hydrogens is 447 g/mol. The zero-order chi connectivity index (χ0) is 22.9. The number of furan rings is 1. The molecule has 1 aliphatic heterocycles. The largest absolute Gasteiger partial charge is 0.438 e. The van der Waals surface area contributed by atoms with Crippen LogP contribution in [0.1, 0.15) is 12.8 Å². The van der Waals surface area contributed by atoms with Crippen molar-refractivity contribution in [1.82, 2.24) is 19.7 Å². The summed E-state index contributed by atoms with van der Waals surface area (Å²) in [5.41, 5.74) is 4.81. The maximum Gasteiger partial charge on any atom is 0.230 e. The molecule has 0 spiro atoms. The summed E-state index contributed by atoms with van der Waals surface area (Å²) in [4.78, 5) is 9.02. The Morgan fingerprint density at radius 1 is 1.00 bits per heavy atom. The van der Waals surface area contributed by atoms with Crippen molar-refractivity contribution in [3.05, 3.63) is 79.0 Å². The lowest BCUT2D eigenvalue weighted by atomic mass is 10.0. The normalized spacial score (nSPS) is 16.2. The number of nitrogens with zero attached hydrogens (tertiary/aromatic N) is 4. The molecule has 3 aromatic heterocycles. The second-order valence-corrected chi connectivity index (χ2v) is 9.77. The molecule has 6 rings (SSSR count). The molecule has 1 saturated heterocycles. The van der Waals surface area contributed by atoms with Gasteiger partial charge in [0.05, 0.1) is 11.1 Å². The molecule has 0 amide bonds. The summed E-state index contributed by atoms with van der Waals surface area (Å²) in [6.07, 6.45) is 6.06. The van der Waals surface area contributed by atoms with Gasteiger partial charge in [-0.3, -0.25) is 4.68 Å². The predicted octanol–water partition coefficient (Wildman–Crippen LogP) is 6.70. The topological polar surface area (TPSA) is 56.7 Å². The van der Waals surface area contributed by atoms with Crippen molar-refractivity contribution in [3.63, 3.8) is 0 Å². The monoisotopic (exact) mass is 470 g/mol. The number of hydrogen-bond donors (Lipinski definition) is 0. The third kappa shape index (κ3) is 4.12. The van der Waals surface area contributed by atoms with Crippen LogP contribution in [-0.4, -0.2) is 31.3 Å². The first kappa shape index (κ1) is 21.1. The highest BCUT2D eigenvalue weighted by atomic mass is 32.2. The van der Waals surface area contributed by atoms with E-state index in [1.165, 1.54) is 37.1 Å². The van der Waals surface area contributed by atoms with Crippen molar-refractivity contribution in [3.8, 4) is 33.8 Å². The molecule has 1 unspecified atom stereocenters. The summed E-state index contributed by atoms with van der Waals surface area (Å²) in [6, 6.07) is 18.4. The summed E-state index contributed by atoms with van der Waals surface area (Å²) in [6.45, 7) is 0.857. The first-order valence-electron chi connectivity index (χ1n) is 11.5. The van der Waals surface area contributed by atoms with Crippen molar-refractivity contribution >= 4 is 22.9 Å². The molecule has 0 bridgehead atoms. The van der Waals surface area contributed by atoms with E-state index < -0.39 is 0 Å². The van der Waals surface area contributed by atoms with Crippen molar-refractivity contribution in [2.45, 2.75) is 19.4 Å². The minimum atomic E-state index is -0.268. The smallest absolute Gasteiger partial charge is 0.230 e. The molecule has 2 aromatic carbocycles. The Morgan fingerprint density at radius 3 is 2.65 bits per heavy atom. The van der Waals surface area contributed by atoms with E-state index in [0.717, 1.165) is 51.5 Å². The van der Waals surface area contributed by atoms with E-state index in [2.05, 4.69) is 16.2 Å². The van der Waals surface area contributed by atoms with Crippen LogP contribution in [0.15, 0.2) is 77.6 Å². The molecule has 1 atom stereocenters. The minimum Gasteiger partial charge on any atom is -0.438 e. The quantitative estimate of drug-likeness (QED) is 0.286. The number of fused-ring (bicyclic) bond motifs is 1. The fourth-order valence-electron chi connectivity index (χ4n) is 4.54. The Kier molecular flexibility index (Phi) is 5.63. The number of thioether (sulfide) groups is 1. The molecule has 4 heterocycles. The summed E-state index contributed by atoms with van der Waals surface area (Å²) >= 11 is 2.01. The molecule has 1 aliphatic rings. The molecular formula is C27H23FN4OS. The summed E-state index contributed by atoms with van der Waals surface area (Å²) in [7, 11) is 0. The van der Waals surface area contributed by atoms with Crippen LogP contribution in [0.3, 0.4) is 0 Å². The van der Waals surface area contributed by atoms with Gasteiger partial charge >= 0.3 is 0 Å². The fourth-order valence-corrected chi connectivity index (χ4v) is 5.68. The van der Waals surface area contributed by atoms with Crippen LogP contribution in [-0.2, 0) is 6.54 Å². The summed E-state index contributed by atoms with van der Waals surface area (Å²) in [5, 5.41) is 5.78. The minimum absolute atomic E-state index is 0.268. The van der Waals surface area contributed by atoms with E-state index in [0.29, 0.717) is 11.6 Å². The standard InChI is InChI=1S/C27H23FN4OS/c28-21-10-8-20(9-11-21)25-23(15-32(31-25)14-18-5-4-12-34-16-18)26-22-13-24(19-6-2-1-3-7-19)33-27(22)30-17-29-26/h1-3,6-11,13,15,17-18H,4-5,12,14,16H2. The van der Waals surface area contributed by atoms with Crippen LogP contribution >= 0.6 is 11.8 Å². The molecule has 0 saturated carbocycles. The predicted molar refractivity (Wildman–Crippen MR) is 134 cm³/mol. The van der Waals surface area contributed by atoms with Crippen LogP contribution in [0.5, 0.6) is 0 Å². The molecule has 0 aliphatic carbocycles. The zero-order valence-corrected chi connectivity index (χ0v) is 19.3. The van der Waals surface area contributed by atoms with Gasteiger partial charge in [0, 0.05) is 29.4 Å². The number of benzene rings is 2. The Morgan fingerprint density at radius 2 is 1.85 bits per heavy atom. The van der Waals surface area contributed by atoms with Crippen molar-refractivity contribution in [2.24, 2.45) is 5.92 Å². The molecule has 5 aromatic rings. The third-order valence-corrected chi connectivity index (χ3v) is 7.51. The molecule has 0 radical (unpaired) electrons. The van der Waals surface area contributed by atoms with Crippen molar-refractivity contribution in [1.29, 1.82) is 0 Å². The second kappa shape index (κ2) is 9.06. The molecule has 7 heteroatoms. The maximum atomic E-state index is 13.7. The molecule has 0 N–H and O–H groups in total. The Labute approximate surface area is 201 Å². The third-order valence-electron chi connectivity index (χ3n) is 6.22. The van der Waals surface area contributed by atoms with Crippen LogP contribution in [0, 0.1) is 11.7 Å². The molecule has 5 nitrogen and oxygen atoms in total. The van der Waals surface area contributed by atoms with Crippen LogP contribution in [0.4, 0.5) is 4.39 Å². The van der Waals surface area contributed by atoms with Gasteiger partial charge in [-0.25, -0.2) is 14.4 Å². The SMILES string of the molecule is Fc1ccc(-c2nn(CC3CCCSC3)cc2-c2ncnc3oc(-c4ccccc4)cc23)cc1.